The van der Waals surface area contributed by atoms with Crippen LogP contribution in [-0.4, -0.2) is 61.1 Å². The summed E-state index contributed by atoms with van der Waals surface area (Å²) in [7, 11) is 3.26. The van der Waals surface area contributed by atoms with Crippen molar-refractivity contribution in [1.82, 2.24) is 14.8 Å². The standard InChI is InChI=1S/C23H25N3O3S/c1-28-18-9-7-17(8-10-18)20-16-30-22(24-20)15-25-11-13-26(14-12-25)23(27)19-5-3-4-6-21(19)29-2/h3-10,16H,11-15H2,1-2H3. The lowest BCUT2D eigenvalue weighted by Gasteiger charge is -2.34. The third-order valence-electron chi connectivity index (χ3n) is 5.29. The summed E-state index contributed by atoms with van der Waals surface area (Å²) in [6.45, 7) is 3.87. The van der Waals surface area contributed by atoms with Crippen molar-refractivity contribution in [3.05, 3.63) is 64.5 Å². The number of hydrogen-bond acceptors (Lipinski definition) is 6. The van der Waals surface area contributed by atoms with Gasteiger partial charge in [-0.05, 0) is 36.4 Å². The fraction of sp³-hybridized carbons (Fsp3) is 0.304. The first-order valence-corrected chi connectivity index (χ1v) is 10.8. The molecule has 4 rings (SSSR count). The van der Waals surface area contributed by atoms with Crippen molar-refractivity contribution >= 4 is 17.2 Å². The predicted octanol–water partition coefficient (Wildman–Crippen LogP) is 3.79. The summed E-state index contributed by atoms with van der Waals surface area (Å²) in [6.07, 6.45) is 0. The van der Waals surface area contributed by atoms with Gasteiger partial charge in [-0.15, -0.1) is 11.3 Å². The Morgan fingerprint density at radius 1 is 1.00 bits per heavy atom. The average molecular weight is 424 g/mol. The molecule has 1 saturated heterocycles. The molecule has 2 aromatic carbocycles. The number of aromatic nitrogens is 1. The van der Waals surface area contributed by atoms with Crippen molar-refractivity contribution in [2.75, 3.05) is 40.4 Å². The largest absolute Gasteiger partial charge is 0.497 e. The van der Waals surface area contributed by atoms with Gasteiger partial charge in [0, 0.05) is 37.1 Å². The number of rotatable bonds is 6. The number of para-hydroxylation sites is 1. The molecule has 1 fully saturated rings. The normalized spacial score (nSPS) is 14.5. The number of benzene rings is 2. The second-order valence-corrected chi connectivity index (χ2v) is 8.07. The van der Waals surface area contributed by atoms with E-state index in [1.165, 1.54) is 0 Å². The molecular weight excluding hydrogens is 398 g/mol. The molecule has 1 aromatic heterocycles. The predicted molar refractivity (Wildman–Crippen MR) is 118 cm³/mol. The summed E-state index contributed by atoms with van der Waals surface area (Å²) >= 11 is 1.68. The SMILES string of the molecule is COc1ccc(-c2csc(CN3CCN(C(=O)c4ccccc4OC)CC3)n2)cc1. The third kappa shape index (κ3) is 4.47. The van der Waals surface area contributed by atoms with Gasteiger partial charge in [-0.1, -0.05) is 12.1 Å². The first-order valence-electron chi connectivity index (χ1n) is 9.91. The number of nitrogens with zero attached hydrogens (tertiary/aromatic N) is 3. The number of hydrogen-bond donors (Lipinski definition) is 0. The zero-order valence-corrected chi connectivity index (χ0v) is 18.0. The van der Waals surface area contributed by atoms with Crippen molar-refractivity contribution in [3.8, 4) is 22.8 Å². The Kier molecular flexibility index (Phi) is 6.30. The molecule has 156 valence electrons. The van der Waals surface area contributed by atoms with Gasteiger partial charge in [-0.25, -0.2) is 4.98 Å². The van der Waals surface area contributed by atoms with Crippen LogP contribution >= 0.6 is 11.3 Å². The van der Waals surface area contributed by atoms with Gasteiger partial charge in [0.25, 0.3) is 5.91 Å². The van der Waals surface area contributed by atoms with Crippen LogP contribution in [-0.2, 0) is 6.54 Å². The van der Waals surface area contributed by atoms with E-state index in [-0.39, 0.29) is 5.91 Å². The van der Waals surface area contributed by atoms with E-state index in [1.54, 1.807) is 25.6 Å². The number of methoxy groups -OCH3 is 2. The molecule has 0 atom stereocenters. The van der Waals surface area contributed by atoms with Gasteiger partial charge in [0.15, 0.2) is 0 Å². The maximum atomic E-state index is 12.9. The number of piperazine rings is 1. The molecule has 0 radical (unpaired) electrons. The summed E-state index contributed by atoms with van der Waals surface area (Å²) in [5.41, 5.74) is 2.70. The maximum Gasteiger partial charge on any atom is 0.257 e. The first kappa shape index (κ1) is 20.4. The van der Waals surface area contributed by atoms with Crippen molar-refractivity contribution in [2.45, 2.75) is 6.54 Å². The van der Waals surface area contributed by atoms with Crippen LogP contribution in [0.5, 0.6) is 11.5 Å². The Bertz CT molecular complexity index is 995. The molecule has 1 aliphatic rings. The lowest BCUT2D eigenvalue weighted by atomic mass is 10.1. The number of ether oxygens (including phenoxy) is 2. The van der Waals surface area contributed by atoms with E-state index in [4.69, 9.17) is 14.5 Å². The molecule has 0 bridgehead atoms. The molecule has 1 amide bonds. The van der Waals surface area contributed by atoms with Crippen LogP contribution < -0.4 is 9.47 Å². The lowest BCUT2D eigenvalue weighted by Crippen LogP contribution is -2.48. The van der Waals surface area contributed by atoms with Gasteiger partial charge < -0.3 is 14.4 Å². The molecule has 0 saturated carbocycles. The minimum atomic E-state index is 0.0307. The fourth-order valence-electron chi connectivity index (χ4n) is 3.57. The van der Waals surface area contributed by atoms with Crippen LogP contribution in [0, 0.1) is 0 Å². The number of carbonyl (C=O) groups excluding carboxylic acids is 1. The topological polar surface area (TPSA) is 54.9 Å². The lowest BCUT2D eigenvalue weighted by molar-refractivity contribution is 0.0625. The highest BCUT2D eigenvalue weighted by atomic mass is 32.1. The molecule has 1 aliphatic heterocycles. The van der Waals surface area contributed by atoms with Gasteiger partial charge in [0.1, 0.15) is 16.5 Å². The number of thiazole rings is 1. The molecule has 3 aromatic rings. The Labute approximate surface area is 180 Å². The maximum absolute atomic E-state index is 12.9. The van der Waals surface area contributed by atoms with E-state index in [2.05, 4.69) is 10.3 Å². The fourth-order valence-corrected chi connectivity index (χ4v) is 4.41. The highest BCUT2D eigenvalue weighted by molar-refractivity contribution is 7.09. The van der Waals surface area contributed by atoms with Gasteiger partial charge in [-0.2, -0.15) is 0 Å². The summed E-state index contributed by atoms with van der Waals surface area (Å²) in [4.78, 5) is 21.9. The Hall–Kier alpha value is -2.90. The summed E-state index contributed by atoms with van der Waals surface area (Å²) < 4.78 is 10.6. The smallest absolute Gasteiger partial charge is 0.257 e. The van der Waals surface area contributed by atoms with E-state index < -0.39 is 0 Å². The van der Waals surface area contributed by atoms with Gasteiger partial charge in [-0.3, -0.25) is 9.69 Å². The second-order valence-electron chi connectivity index (χ2n) is 7.12. The van der Waals surface area contributed by atoms with Crippen LogP contribution in [0.1, 0.15) is 15.4 Å². The van der Waals surface area contributed by atoms with E-state index in [0.717, 1.165) is 41.6 Å². The molecule has 0 N–H and O–H groups in total. The molecule has 6 nitrogen and oxygen atoms in total. The van der Waals surface area contributed by atoms with E-state index in [1.807, 2.05) is 53.4 Å². The van der Waals surface area contributed by atoms with Crippen LogP contribution in [0.2, 0.25) is 0 Å². The zero-order valence-electron chi connectivity index (χ0n) is 17.2. The van der Waals surface area contributed by atoms with E-state index >= 15 is 0 Å². The second kappa shape index (κ2) is 9.28. The number of amides is 1. The minimum Gasteiger partial charge on any atom is -0.497 e. The Balaban J connectivity index is 1.34. The third-order valence-corrected chi connectivity index (χ3v) is 6.13. The van der Waals surface area contributed by atoms with Gasteiger partial charge in [0.2, 0.25) is 0 Å². The average Bonchev–Trinajstić information content (AvgIpc) is 3.27. The monoisotopic (exact) mass is 423 g/mol. The Morgan fingerprint density at radius 2 is 1.73 bits per heavy atom. The molecule has 0 spiro atoms. The highest BCUT2D eigenvalue weighted by Crippen LogP contribution is 2.25. The van der Waals surface area contributed by atoms with E-state index in [9.17, 15) is 4.79 Å². The van der Waals surface area contributed by atoms with Crippen LogP contribution in [0.25, 0.3) is 11.3 Å². The van der Waals surface area contributed by atoms with Crippen molar-refractivity contribution < 1.29 is 14.3 Å². The van der Waals surface area contributed by atoms with Crippen LogP contribution in [0.15, 0.2) is 53.9 Å². The first-order chi connectivity index (χ1) is 14.7. The molecule has 2 heterocycles. The van der Waals surface area contributed by atoms with Gasteiger partial charge in [0.05, 0.1) is 32.0 Å². The number of carbonyl (C=O) groups is 1. The molecule has 30 heavy (non-hydrogen) atoms. The zero-order chi connectivity index (χ0) is 20.9. The molecule has 7 heteroatoms. The van der Waals surface area contributed by atoms with Crippen molar-refractivity contribution in [1.29, 1.82) is 0 Å². The molecule has 0 unspecified atom stereocenters. The van der Waals surface area contributed by atoms with Crippen LogP contribution in [0.3, 0.4) is 0 Å². The van der Waals surface area contributed by atoms with Crippen molar-refractivity contribution in [2.24, 2.45) is 0 Å². The summed E-state index contributed by atoms with van der Waals surface area (Å²) in [6, 6.07) is 15.4. The van der Waals surface area contributed by atoms with Gasteiger partial charge >= 0.3 is 0 Å². The Morgan fingerprint density at radius 3 is 2.43 bits per heavy atom. The van der Waals surface area contributed by atoms with E-state index in [0.29, 0.717) is 24.4 Å². The highest BCUT2D eigenvalue weighted by Gasteiger charge is 2.24. The quantitative estimate of drug-likeness (QED) is 0.604. The summed E-state index contributed by atoms with van der Waals surface area (Å²) in [5, 5.41) is 3.18. The van der Waals surface area contributed by atoms with Crippen molar-refractivity contribution in [3.63, 3.8) is 0 Å². The summed E-state index contributed by atoms with van der Waals surface area (Å²) in [5.74, 6) is 1.50. The minimum absolute atomic E-state index is 0.0307. The molecule has 0 aliphatic carbocycles. The molecular formula is C23H25N3O3S. The van der Waals surface area contributed by atoms with Crippen LogP contribution in [0.4, 0.5) is 0 Å².